The third kappa shape index (κ3) is 3.90. The average molecular weight is 340 g/mol. The molecule has 0 aliphatic heterocycles. The van der Waals surface area contributed by atoms with Gasteiger partial charge in [-0.2, -0.15) is 0 Å². The van der Waals surface area contributed by atoms with Gasteiger partial charge in [-0.1, -0.05) is 24.6 Å². The lowest BCUT2D eigenvalue weighted by Gasteiger charge is -2.22. The summed E-state index contributed by atoms with van der Waals surface area (Å²) < 4.78 is 18.9. The van der Waals surface area contributed by atoms with Crippen LogP contribution in [0.4, 0.5) is 4.39 Å². The van der Waals surface area contributed by atoms with Crippen LogP contribution >= 0.6 is 11.6 Å². The van der Waals surface area contributed by atoms with Crippen molar-refractivity contribution in [3.63, 3.8) is 0 Å². The molecule has 122 valence electrons. The smallest absolute Gasteiger partial charge is 0.338 e. The molecule has 0 unspecified atom stereocenters. The molecule has 5 nitrogen and oxygen atoms in total. The minimum atomic E-state index is -1.19. The zero-order valence-electron chi connectivity index (χ0n) is 12.4. The van der Waals surface area contributed by atoms with Crippen LogP contribution in [-0.2, 0) is 6.54 Å². The normalized spacial score (nSPS) is 10.6. The summed E-state index contributed by atoms with van der Waals surface area (Å²) >= 11 is 5.99. The number of hydrogen-bond donors (Lipinski definition) is 1. The highest BCUT2D eigenvalue weighted by molar-refractivity contribution is 6.31. The van der Waals surface area contributed by atoms with Crippen LogP contribution in [0.5, 0.6) is 0 Å². The molecule has 0 saturated carbocycles. The number of aromatic carboxylic acids is 1. The van der Waals surface area contributed by atoms with E-state index in [2.05, 4.69) is 0 Å². The summed E-state index contributed by atoms with van der Waals surface area (Å²) in [6, 6.07) is 5.45. The number of carboxylic acid groups (broad SMARTS) is 1. The lowest BCUT2D eigenvalue weighted by Crippen LogP contribution is -2.31. The van der Waals surface area contributed by atoms with Gasteiger partial charge in [0, 0.05) is 23.2 Å². The van der Waals surface area contributed by atoms with Crippen molar-refractivity contribution in [2.24, 2.45) is 0 Å². The Kier molecular flexibility index (Phi) is 5.39. The Balaban J connectivity index is 2.26. The van der Waals surface area contributed by atoms with E-state index in [0.717, 1.165) is 12.3 Å². The van der Waals surface area contributed by atoms with E-state index in [-0.39, 0.29) is 28.5 Å². The quantitative estimate of drug-likeness (QED) is 0.868. The van der Waals surface area contributed by atoms with Crippen LogP contribution in [0.3, 0.4) is 0 Å². The second kappa shape index (κ2) is 7.28. The highest BCUT2D eigenvalue weighted by atomic mass is 35.5. The van der Waals surface area contributed by atoms with Crippen LogP contribution in [0.15, 0.2) is 34.9 Å². The van der Waals surface area contributed by atoms with E-state index in [4.69, 9.17) is 21.1 Å². The predicted molar refractivity (Wildman–Crippen MR) is 82.1 cm³/mol. The number of furan rings is 1. The number of nitrogens with zero attached hydrogens (tertiary/aromatic N) is 1. The second-order valence-corrected chi connectivity index (χ2v) is 5.34. The first-order valence-corrected chi connectivity index (χ1v) is 7.35. The van der Waals surface area contributed by atoms with Crippen molar-refractivity contribution in [3.8, 4) is 0 Å². The molecule has 0 aliphatic rings. The van der Waals surface area contributed by atoms with E-state index in [0.29, 0.717) is 13.0 Å². The van der Waals surface area contributed by atoms with Crippen molar-refractivity contribution in [2.75, 3.05) is 6.54 Å². The Morgan fingerprint density at radius 1 is 1.39 bits per heavy atom. The molecular weight excluding hydrogens is 325 g/mol. The molecule has 0 saturated heterocycles. The Morgan fingerprint density at radius 3 is 2.70 bits per heavy atom. The van der Waals surface area contributed by atoms with Gasteiger partial charge in [0.1, 0.15) is 12.1 Å². The van der Waals surface area contributed by atoms with Gasteiger partial charge < -0.3 is 14.4 Å². The van der Waals surface area contributed by atoms with Gasteiger partial charge in [0.15, 0.2) is 5.76 Å². The lowest BCUT2D eigenvalue weighted by atomic mass is 10.2. The summed E-state index contributed by atoms with van der Waals surface area (Å²) in [5, 5.41) is 9.10. The van der Waals surface area contributed by atoms with Crippen molar-refractivity contribution in [1.82, 2.24) is 4.90 Å². The number of carboxylic acids is 1. The molecule has 0 atom stereocenters. The Labute approximate surface area is 137 Å². The molecule has 0 spiro atoms. The van der Waals surface area contributed by atoms with Crippen LogP contribution in [0.1, 0.15) is 39.8 Å². The number of carbonyl (C=O) groups excluding carboxylic acids is 1. The second-order valence-electron chi connectivity index (χ2n) is 4.93. The largest absolute Gasteiger partial charge is 0.478 e. The molecule has 1 amide bonds. The highest BCUT2D eigenvalue weighted by Gasteiger charge is 2.22. The summed E-state index contributed by atoms with van der Waals surface area (Å²) in [6.07, 6.45) is 1.64. The SMILES string of the molecule is CCCN(Cc1c(F)cccc1Cl)C(=O)c1cc(C(=O)O)co1. The fraction of sp³-hybridized carbons (Fsp3) is 0.250. The number of rotatable bonds is 6. The van der Waals surface area contributed by atoms with Crippen LogP contribution in [0.2, 0.25) is 5.02 Å². The molecule has 0 aliphatic carbocycles. The topological polar surface area (TPSA) is 70.8 Å². The molecular formula is C16H15ClFNO4. The Bertz CT molecular complexity index is 708. The molecule has 1 aromatic heterocycles. The summed E-state index contributed by atoms with van der Waals surface area (Å²) in [5.41, 5.74) is 0.0923. The lowest BCUT2D eigenvalue weighted by molar-refractivity contribution is 0.0692. The third-order valence-electron chi connectivity index (χ3n) is 3.25. The maximum absolute atomic E-state index is 13.9. The average Bonchev–Trinajstić information content (AvgIpc) is 2.99. The van der Waals surface area contributed by atoms with Crippen molar-refractivity contribution < 1.29 is 23.5 Å². The van der Waals surface area contributed by atoms with Gasteiger partial charge >= 0.3 is 5.97 Å². The third-order valence-corrected chi connectivity index (χ3v) is 3.60. The molecule has 1 heterocycles. The first-order chi connectivity index (χ1) is 10.9. The number of amides is 1. The summed E-state index contributed by atoms with van der Waals surface area (Å²) in [6.45, 7) is 2.20. The number of hydrogen-bond acceptors (Lipinski definition) is 3. The van der Waals surface area contributed by atoms with Crippen LogP contribution in [0.25, 0.3) is 0 Å². The molecule has 1 N–H and O–H groups in total. The van der Waals surface area contributed by atoms with Gasteiger partial charge in [0.2, 0.25) is 0 Å². The molecule has 0 bridgehead atoms. The monoisotopic (exact) mass is 339 g/mol. The Morgan fingerprint density at radius 2 is 2.13 bits per heavy atom. The molecule has 7 heteroatoms. The van der Waals surface area contributed by atoms with E-state index in [1.165, 1.54) is 17.0 Å². The zero-order chi connectivity index (χ0) is 17.0. The maximum atomic E-state index is 13.9. The van der Waals surface area contributed by atoms with E-state index in [9.17, 15) is 14.0 Å². The number of halogens is 2. The molecule has 2 rings (SSSR count). The standard InChI is InChI=1S/C16H15ClFNO4/c1-2-6-19(8-11-12(17)4-3-5-13(11)18)15(20)14-7-10(9-23-14)16(21)22/h3-5,7,9H,2,6,8H2,1H3,(H,21,22). The first-order valence-electron chi connectivity index (χ1n) is 6.98. The minimum absolute atomic E-state index is 0.0265. The van der Waals surface area contributed by atoms with Crippen molar-refractivity contribution in [2.45, 2.75) is 19.9 Å². The molecule has 0 fully saturated rings. The highest BCUT2D eigenvalue weighted by Crippen LogP contribution is 2.22. The van der Waals surface area contributed by atoms with Gasteiger partial charge in [-0.25, -0.2) is 9.18 Å². The van der Waals surface area contributed by atoms with Crippen molar-refractivity contribution >= 4 is 23.5 Å². The van der Waals surface area contributed by atoms with Gasteiger partial charge in [-0.05, 0) is 18.6 Å². The fourth-order valence-electron chi connectivity index (χ4n) is 2.11. The zero-order valence-corrected chi connectivity index (χ0v) is 13.1. The van der Waals surface area contributed by atoms with Crippen molar-refractivity contribution in [1.29, 1.82) is 0 Å². The van der Waals surface area contributed by atoms with E-state index < -0.39 is 17.7 Å². The number of carbonyl (C=O) groups is 2. The molecule has 0 radical (unpaired) electrons. The maximum Gasteiger partial charge on any atom is 0.338 e. The summed E-state index contributed by atoms with van der Waals surface area (Å²) in [7, 11) is 0. The van der Waals surface area contributed by atoms with Gasteiger partial charge in [0.25, 0.3) is 5.91 Å². The minimum Gasteiger partial charge on any atom is -0.478 e. The van der Waals surface area contributed by atoms with Gasteiger partial charge in [-0.3, -0.25) is 4.79 Å². The first kappa shape index (κ1) is 17.0. The molecule has 23 heavy (non-hydrogen) atoms. The molecule has 1 aromatic carbocycles. The van der Waals surface area contributed by atoms with Crippen LogP contribution in [-0.4, -0.2) is 28.4 Å². The van der Waals surface area contributed by atoms with Crippen LogP contribution in [0, 0.1) is 5.82 Å². The van der Waals surface area contributed by atoms with Crippen LogP contribution < -0.4 is 0 Å². The van der Waals surface area contributed by atoms with E-state index >= 15 is 0 Å². The van der Waals surface area contributed by atoms with Crippen molar-refractivity contribution in [3.05, 3.63) is 58.3 Å². The number of benzene rings is 1. The summed E-state index contributed by atoms with van der Waals surface area (Å²) in [5.74, 6) is -2.31. The predicted octanol–water partition coefficient (Wildman–Crippen LogP) is 3.82. The van der Waals surface area contributed by atoms with E-state index in [1.807, 2.05) is 6.92 Å². The summed E-state index contributed by atoms with van der Waals surface area (Å²) in [4.78, 5) is 24.7. The Hall–Kier alpha value is -2.34. The van der Waals surface area contributed by atoms with Gasteiger partial charge in [-0.15, -0.1) is 0 Å². The molecule has 2 aromatic rings. The van der Waals surface area contributed by atoms with Gasteiger partial charge in [0.05, 0.1) is 12.1 Å². The van der Waals surface area contributed by atoms with E-state index in [1.54, 1.807) is 6.07 Å². The fourth-order valence-corrected chi connectivity index (χ4v) is 2.34.